The molecule has 1 fully saturated rings. The van der Waals surface area contributed by atoms with Gasteiger partial charge in [-0.2, -0.15) is 0 Å². The molecule has 3 rings (SSSR count). The molecule has 170 valence electrons. The molecule has 2 aromatic rings. The second kappa shape index (κ2) is 10.8. The van der Waals surface area contributed by atoms with Crippen molar-refractivity contribution < 1.29 is 13.9 Å². The number of nitrogens with zero attached hydrogens (tertiary/aromatic N) is 3. The number of aryl methyl sites for hydroxylation is 1. The van der Waals surface area contributed by atoms with Crippen LogP contribution in [-0.4, -0.2) is 60.3 Å². The average Bonchev–Trinajstić information content (AvgIpc) is 3.10. The molecular weight excluding hydrogens is 509 g/mol. The number of oxazole rings is 1. The van der Waals surface area contributed by atoms with Gasteiger partial charge in [0.15, 0.2) is 5.96 Å². The lowest BCUT2D eigenvalue weighted by molar-refractivity contribution is 0.00701. The first-order chi connectivity index (χ1) is 14.2. The summed E-state index contributed by atoms with van der Waals surface area (Å²) >= 11 is 0. The molecule has 1 aromatic carbocycles. The van der Waals surface area contributed by atoms with Crippen LogP contribution in [0.5, 0.6) is 0 Å². The lowest BCUT2D eigenvalue weighted by atomic mass is 10.1. The molecule has 0 bridgehead atoms. The monoisotopic (exact) mass is 541 g/mol. The molecule has 0 spiro atoms. The number of benzene rings is 1. The molecule has 9 heteroatoms. The summed E-state index contributed by atoms with van der Waals surface area (Å²) in [4.78, 5) is 22.5. The summed E-state index contributed by atoms with van der Waals surface area (Å²) in [5.41, 5.74) is 2.58. The van der Waals surface area contributed by atoms with E-state index in [-0.39, 0.29) is 36.1 Å². The third-order valence-electron chi connectivity index (χ3n) is 4.62. The molecule has 8 nitrogen and oxygen atoms in total. The van der Waals surface area contributed by atoms with Gasteiger partial charge in [0, 0.05) is 38.7 Å². The van der Waals surface area contributed by atoms with Crippen molar-refractivity contribution >= 4 is 36.0 Å². The zero-order valence-corrected chi connectivity index (χ0v) is 21.1. The zero-order valence-electron chi connectivity index (χ0n) is 18.8. The van der Waals surface area contributed by atoms with Crippen LogP contribution in [-0.2, 0) is 11.2 Å². The van der Waals surface area contributed by atoms with Crippen LogP contribution in [0.1, 0.15) is 32.0 Å². The summed E-state index contributed by atoms with van der Waals surface area (Å²) in [5.74, 6) is 1.33. The number of hydrogen-bond donors (Lipinski definition) is 2. The van der Waals surface area contributed by atoms with Gasteiger partial charge in [0.25, 0.3) is 0 Å². The molecule has 1 amide bonds. The summed E-state index contributed by atoms with van der Waals surface area (Å²) in [6, 6.07) is 8.26. The van der Waals surface area contributed by atoms with Crippen molar-refractivity contribution in [3.63, 3.8) is 0 Å². The summed E-state index contributed by atoms with van der Waals surface area (Å²) in [7, 11) is 1.73. The highest BCUT2D eigenvalue weighted by atomic mass is 127. The van der Waals surface area contributed by atoms with E-state index in [1.54, 1.807) is 18.2 Å². The van der Waals surface area contributed by atoms with Gasteiger partial charge in [0.05, 0.1) is 11.7 Å². The van der Waals surface area contributed by atoms with E-state index in [9.17, 15) is 4.79 Å². The Morgan fingerprint density at radius 2 is 1.97 bits per heavy atom. The van der Waals surface area contributed by atoms with E-state index in [1.165, 1.54) is 5.56 Å². The third kappa shape index (κ3) is 7.41. The Labute approximate surface area is 200 Å². The number of nitrogens with one attached hydrogen (secondary N) is 2. The number of amides is 1. The van der Waals surface area contributed by atoms with Gasteiger partial charge in [0.2, 0.25) is 5.89 Å². The molecule has 31 heavy (non-hydrogen) atoms. The molecule has 1 aliphatic heterocycles. The minimum atomic E-state index is -0.479. The lowest BCUT2D eigenvalue weighted by Gasteiger charge is -2.40. The predicted octanol–water partition coefficient (Wildman–Crippen LogP) is 3.59. The molecule has 0 aliphatic carbocycles. The number of aliphatic imine (C=N–C) groups is 1. The first-order valence-electron chi connectivity index (χ1n) is 10.2. The fourth-order valence-corrected chi connectivity index (χ4v) is 2.99. The molecule has 1 saturated heterocycles. The summed E-state index contributed by atoms with van der Waals surface area (Å²) < 4.78 is 11.0. The van der Waals surface area contributed by atoms with Crippen LogP contribution in [0, 0.1) is 6.92 Å². The molecule has 0 saturated carbocycles. The van der Waals surface area contributed by atoms with Crippen molar-refractivity contribution in [2.45, 2.75) is 45.8 Å². The standard InChI is InChI=1S/C22H31N5O3.HI/c1-15-6-8-16(9-7-15)19-25-17(14-29-19)10-11-24-20(23-5)26-18-12-27(13-18)21(28)30-22(2,3)4;/h6-9,14,18H,10-13H2,1-5H3,(H2,23,24,26);1H. The maximum atomic E-state index is 12.0. The maximum absolute atomic E-state index is 12.0. The second-order valence-electron chi connectivity index (χ2n) is 8.49. The van der Waals surface area contributed by atoms with Crippen LogP contribution in [0.25, 0.3) is 11.5 Å². The van der Waals surface area contributed by atoms with E-state index in [4.69, 9.17) is 9.15 Å². The Morgan fingerprint density at radius 3 is 2.58 bits per heavy atom. The van der Waals surface area contributed by atoms with Crippen LogP contribution in [0.3, 0.4) is 0 Å². The zero-order chi connectivity index (χ0) is 21.7. The lowest BCUT2D eigenvalue weighted by Crippen LogP contribution is -2.63. The SMILES string of the molecule is CN=C(NCCc1coc(-c2ccc(C)cc2)n1)NC1CN(C(=O)OC(C)(C)C)C1.I. The molecule has 1 aromatic heterocycles. The van der Waals surface area contributed by atoms with Crippen LogP contribution in [0.15, 0.2) is 39.9 Å². The third-order valence-corrected chi connectivity index (χ3v) is 4.62. The van der Waals surface area contributed by atoms with Crippen LogP contribution >= 0.6 is 24.0 Å². The summed E-state index contributed by atoms with van der Waals surface area (Å²) in [6.45, 7) is 9.51. The quantitative estimate of drug-likeness (QED) is 0.342. The Hall–Kier alpha value is -2.30. The van der Waals surface area contributed by atoms with Crippen LogP contribution in [0.4, 0.5) is 4.79 Å². The van der Waals surface area contributed by atoms with E-state index in [2.05, 4.69) is 27.5 Å². The van der Waals surface area contributed by atoms with Crippen molar-refractivity contribution in [3.05, 3.63) is 41.8 Å². The smallest absolute Gasteiger partial charge is 0.410 e. The van der Waals surface area contributed by atoms with Gasteiger partial charge < -0.3 is 24.7 Å². The molecule has 2 N–H and O–H groups in total. The van der Waals surface area contributed by atoms with E-state index < -0.39 is 5.60 Å². The highest BCUT2D eigenvalue weighted by Crippen LogP contribution is 2.19. The number of carbonyl (C=O) groups excluding carboxylic acids is 1. The Balaban J connectivity index is 0.00000341. The molecular formula is C22H32IN5O3. The van der Waals surface area contributed by atoms with Crippen LogP contribution in [0.2, 0.25) is 0 Å². The average molecular weight is 541 g/mol. The van der Waals surface area contributed by atoms with Crippen LogP contribution < -0.4 is 10.6 Å². The van der Waals surface area contributed by atoms with Gasteiger partial charge in [-0.15, -0.1) is 24.0 Å². The minimum absolute atomic E-state index is 0. The number of guanidine groups is 1. The predicted molar refractivity (Wildman–Crippen MR) is 132 cm³/mol. The number of ether oxygens (including phenoxy) is 1. The number of aromatic nitrogens is 1. The normalized spacial score (nSPS) is 14.5. The fraction of sp³-hybridized carbons (Fsp3) is 0.500. The summed E-state index contributed by atoms with van der Waals surface area (Å²) in [6.07, 6.45) is 2.13. The molecule has 0 radical (unpaired) electrons. The molecule has 0 unspecified atom stereocenters. The van der Waals surface area contributed by atoms with E-state index in [0.717, 1.165) is 11.3 Å². The van der Waals surface area contributed by atoms with Gasteiger partial charge >= 0.3 is 6.09 Å². The van der Waals surface area contributed by atoms with Gasteiger partial charge in [-0.3, -0.25) is 4.99 Å². The van der Waals surface area contributed by atoms with Crippen molar-refractivity contribution in [3.8, 4) is 11.5 Å². The minimum Gasteiger partial charge on any atom is -0.444 e. The van der Waals surface area contributed by atoms with Gasteiger partial charge in [-0.05, 0) is 39.8 Å². The second-order valence-corrected chi connectivity index (χ2v) is 8.49. The number of rotatable bonds is 5. The van der Waals surface area contributed by atoms with E-state index >= 15 is 0 Å². The number of carbonyl (C=O) groups is 1. The summed E-state index contributed by atoms with van der Waals surface area (Å²) in [5, 5.41) is 6.60. The largest absolute Gasteiger partial charge is 0.444 e. The van der Waals surface area contributed by atoms with E-state index in [0.29, 0.717) is 37.9 Å². The van der Waals surface area contributed by atoms with Crippen molar-refractivity contribution in [2.75, 3.05) is 26.7 Å². The van der Waals surface area contributed by atoms with Crippen molar-refractivity contribution in [1.29, 1.82) is 0 Å². The number of halogens is 1. The molecule has 2 heterocycles. The van der Waals surface area contributed by atoms with Crippen molar-refractivity contribution in [1.82, 2.24) is 20.5 Å². The van der Waals surface area contributed by atoms with Gasteiger partial charge in [-0.25, -0.2) is 9.78 Å². The Kier molecular flexibility index (Phi) is 8.72. The van der Waals surface area contributed by atoms with Crippen molar-refractivity contribution in [2.24, 2.45) is 4.99 Å². The fourth-order valence-electron chi connectivity index (χ4n) is 2.99. The van der Waals surface area contributed by atoms with Gasteiger partial charge in [-0.1, -0.05) is 17.7 Å². The topological polar surface area (TPSA) is 92.0 Å². The molecule has 0 atom stereocenters. The Morgan fingerprint density at radius 1 is 1.29 bits per heavy atom. The van der Waals surface area contributed by atoms with Gasteiger partial charge in [0.1, 0.15) is 11.9 Å². The highest BCUT2D eigenvalue weighted by Gasteiger charge is 2.34. The van der Waals surface area contributed by atoms with E-state index in [1.807, 2.05) is 45.0 Å². The molecule has 1 aliphatic rings. The maximum Gasteiger partial charge on any atom is 0.410 e. The number of hydrogen-bond acceptors (Lipinski definition) is 5. The number of likely N-dealkylation sites (tertiary alicyclic amines) is 1. The highest BCUT2D eigenvalue weighted by molar-refractivity contribution is 14.0. The first-order valence-corrected chi connectivity index (χ1v) is 10.2. The Bertz CT molecular complexity index is 883. The first kappa shape index (κ1) is 25.0.